The highest BCUT2D eigenvalue weighted by atomic mass is 16.5. The van der Waals surface area contributed by atoms with Gasteiger partial charge in [-0.2, -0.15) is 0 Å². The molecule has 4 nitrogen and oxygen atoms in total. The molecule has 0 radical (unpaired) electrons. The molecule has 1 rings (SSSR count). The number of nitrogens with zero attached hydrogens (tertiary/aromatic N) is 1. The largest absolute Gasteiger partial charge is 0.545 e. The molecule has 0 amide bonds. The highest BCUT2D eigenvalue weighted by Crippen LogP contribution is 2.26. The van der Waals surface area contributed by atoms with E-state index in [1.807, 2.05) is 0 Å². The minimum atomic E-state index is -1.16. The van der Waals surface area contributed by atoms with Gasteiger partial charge in [-0.3, -0.25) is 0 Å². The van der Waals surface area contributed by atoms with E-state index in [0.717, 1.165) is 32.5 Å². The fourth-order valence-corrected chi connectivity index (χ4v) is 2.26. The molecule has 0 heterocycles. The Bertz CT molecular complexity index is 450. The number of aromatic carboxylic acids is 1. The first-order valence-corrected chi connectivity index (χ1v) is 8.04. The lowest BCUT2D eigenvalue weighted by atomic mass is 9.86. The molecule has 124 valence electrons. The number of carboxylic acids is 1. The van der Waals surface area contributed by atoms with Crippen molar-refractivity contribution in [2.24, 2.45) is 5.41 Å². The SMILES string of the molecule is CCN(CC)CCC(C)(C)CCOc1ccc(C(=O)[O-])cc1. The molecule has 0 saturated heterocycles. The number of rotatable bonds is 10. The molecule has 0 aromatic heterocycles. The van der Waals surface area contributed by atoms with Crippen molar-refractivity contribution in [1.82, 2.24) is 4.90 Å². The van der Waals surface area contributed by atoms with Gasteiger partial charge in [-0.05, 0) is 67.7 Å². The van der Waals surface area contributed by atoms with Crippen LogP contribution in [0.1, 0.15) is 50.9 Å². The van der Waals surface area contributed by atoms with Gasteiger partial charge in [-0.1, -0.05) is 27.7 Å². The van der Waals surface area contributed by atoms with Gasteiger partial charge < -0.3 is 19.5 Å². The minimum absolute atomic E-state index is 0.173. The summed E-state index contributed by atoms with van der Waals surface area (Å²) in [5.41, 5.74) is 0.403. The lowest BCUT2D eigenvalue weighted by molar-refractivity contribution is -0.255. The van der Waals surface area contributed by atoms with E-state index in [-0.39, 0.29) is 11.0 Å². The Labute approximate surface area is 134 Å². The third-order valence-corrected chi connectivity index (χ3v) is 4.14. The number of carbonyl (C=O) groups excluding carboxylic acids is 1. The first-order chi connectivity index (χ1) is 10.4. The third-order valence-electron chi connectivity index (χ3n) is 4.14. The van der Waals surface area contributed by atoms with Crippen LogP contribution in [-0.4, -0.2) is 37.1 Å². The van der Waals surface area contributed by atoms with E-state index < -0.39 is 5.97 Å². The Kier molecular flexibility index (Phi) is 7.39. The van der Waals surface area contributed by atoms with Crippen LogP contribution in [0.25, 0.3) is 0 Å². The zero-order chi connectivity index (χ0) is 16.6. The summed E-state index contributed by atoms with van der Waals surface area (Å²) in [5.74, 6) is -0.464. The lowest BCUT2D eigenvalue weighted by Crippen LogP contribution is -2.28. The fraction of sp³-hybridized carbons (Fsp3) is 0.611. The van der Waals surface area contributed by atoms with Crippen molar-refractivity contribution in [1.29, 1.82) is 0 Å². The summed E-state index contributed by atoms with van der Waals surface area (Å²) in [6.07, 6.45) is 2.11. The van der Waals surface area contributed by atoms with E-state index in [4.69, 9.17) is 4.74 Å². The van der Waals surface area contributed by atoms with Gasteiger partial charge in [0.15, 0.2) is 0 Å². The van der Waals surface area contributed by atoms with Crippen LogP contribution in [0.5, 0.6) is 5.75 Å². The molecule has 1 aromatic rings. The van der Waals surface area contributed by atoms with E-state index in [1.54, 1.807) is 12.1 Å². The molecule has 0 spiro atoms. The van der Waals surface area contributed by atoms with E-state index in [9.17, 15) is 9.90 Å². The highest BCUT2D eigenvalue weighted by Gasteiger charge is 2.18. The summed E-state index contributed by atoms with van der Waals surface area (Å²) >= 11 is 0. The number of carbonyl (C=O) groups is 1. The molecule has 0 aliphatic heterocycles. The van der Waals surface area contributed by atoms with Crippen molar-refractivity contribution in [3.63, 3.8) is 0 Å². The molecular formula is C18H28NO3-. The first kappa shape index (κ1) is 18.5. The summed E-state index contributed by atoms with van der Waals surface area (Å²) < 4.78 is 5.71. The van der Waals surface area contributed by atoms with E-state index in [1.165, 1.54) is 12.1 Å². The molecule has 0 N–H and O–H groups in total. The number of ether oxygens (including phenoxy) is 1. The van der Waals surface area contributed by atoms with Crippen molar-refractivity contribution in [3.05, 3.63) is 29.8 Å². The number of carboxylic acid groups (broad SMARTS) is 1. The van der Waals surface area contributed by atoms with Gasteiger partial charge in [-0.15, -0.1) is 0 Å². The van der Waals surface area contributed by atoms with Gasteiger partial charge in [0.25, 0.3) is 0 Å². The number of hydrogen-bond acceptors (Lipinski definition) is 4. The topological polar surface area (TPSA) is 52.6 Å². The average Bonchev–Trinajstić information content (AvgIpc) is 2.48. The molecule has 22 heavy (non-hydrogen) atoms. The van der Waals surface area contributed by atoms with Crippen molar-refractivity contribution < 1.29 is 14.6 Å². The maximum absolute atomic E-state index is 10.7. The molecule has 0 bridgehead atoms. The zero-order valence-electron chi connectivity index (χ0n) is 14.2. The highest BCUT2D eigenvalue weighted by molar-refractivity contribution is 5.85. The van der Waals surface area contributed by atoms with Crippen LogP contribution in [0.15, 0.2) is 24.3 Å². The zero-order valence-corrected chi connectivity index (χ0v) is 14.2. The van der Waals surface area contributed by atoms with Crippen LogP contribution < -0.4 is 9.84 Å². The van der Waals surface area contributed by atoms with Crippen molar-refractivity contribution in [2.75, 3.05) is 26.2 Å². The van der Waals surface area contributed by atoms with Crippen LogP contribution in [-0.2, 0) is 0 Å². The van der Waals surface area contributed by atoms with Crippen LogP contribution in [0.2, 0.25) is 0 Å². The summed E-state index contributed by atoms with van der Waals surface area (Å²) in [6.45, 7) is 12.8. The van der Waals surface area contributed by atoms with Gasteiger partial charge in [0.05, 0.1) is 12.6 Å². The molecule has 0 saturated carbocycles. The van der Waals surface area contributed by atoms with Crippen LogP contribution in [0.4, 0.5) is 0 Å². The summed E-state index contributed by atoms with van der Waals surface area (Å²) in [5, 5.41) is 10.7. The normalized spacial score (nSPS) is 11.7. The molecule has 4 heteroatoms. The van der Waals surface area contributed by atoms with E-state index in [0.29, 0.717) is 12.4 Å². The van der Waals surface area contributed by atoms with Crippen LogP contribution in [0, 0.1) is 5.41 Å². The molecule has 0 aliphatic rings. The maximum atomic E-state index is 10.7. The molecule has 0 atom stereocenters. The van der Waals surface area contributed by atoms with E-state index in [2.05, 4.69) is 32.6 Å². The third kappa shape index (κ3) is 6.48. The average molecular weight is 306 g/mol. The maximum Gasteiger partial charge on any atom is 0.119 e. The lowest BCUT2D eigenvalue weighted by Gasteiger charge is -2.28. The fourth-order valence-electron chi connectivity index (χ4n) is 2.26. The summed E-state index contributed by atoms with van der Waals surface area (Å²) in [7, 11) is 0. The molecule has 0 unspecified atom stereocenters. The number of hydrogen-bond donors (Lipinski definition) is 0. The molecule has 0 fully saturated rings. The minimum Gasteiger partial charge on any atom is -0.545 e. The van der Waals surface area contributed by atoms with Crippen LogP contribution >= 0.6 is 0 Å². The summed E-state index contributed by atoms with van der Waals surface area (Å²) in [4.78, 5) is 13.1. The van der Waals surface area contributed by atoms with Gasteiger partial charge >= 0.3 is 0 Å². The van der Waals surface area contributed by atoms with Gasteiger partial charge in [0, 0.05) is 0 Å². The van der Waals surface area contributed by atoms with E-state index >= 15 is 0 Å². The second-order valence-electron chi connectivity index (χ2n) is 6.35. The van der Waals surface area contributed by atoms with Gasteiger partial charge in [-0.25, -0.2) is 0 Å². The Morgan fingerprint density at radius 2 is 1.73 bits per heavy atom. The van der Waals surface area contributed by atoms with Gasteiger partial charge in [0.1, 0.15) is 5.75 Å². The predicted molar refractivity (Wildman–Crippen MR) is 87.1 cm³/mol. The first-order valence-electron chi connectivity index (χ1n) is 8.04. The monoisotopic (exact) mass is 306 g/mol. The molecule has 0 aliphatic carbocycles. The Morgan fingerprint density at radius 3 is 2.23 bits per heavy atom. The molecular weight excluding hydrogens is 278 g/mol. The van der Waals surface area contributed by atoms with Gasteiger partial charge in [0.2, 0.25) is 0 Å². The quantitative estimate of drug-likeness (QED) is 0.667. The van der Waals surface area contributed by atoms with Crippen molar-refractivity contribution in [3.8, 4) is 5.75 Å². The van der Waals surface area contributed by atoms with Crippen molar-refractivity contribution >= 4 is 5.97 Å². The Morgan fingerprint density at radius 1 is 1.14 bits per heavy atom. The second kappa shape index (κ2) is 8.79. The smallest absolute Gasteiger partial charge is 0.119 e. The second-order valence-corrected chi connectivity index (χ2v) is 6.35. The molecule has 1 aromatic carbocycles. The Hall–Kier alpha value is -1.55. The standard InChI is InChI=1S/C18H29NO3/c1-5-19(6-2)13-11-18(3,4)12-14-22-16-9-7-15(8-10-16)17(20)21/h7-10H,5-6,11-14H2,1-4H3,(H,20,21)/p-1. The van der Waals surface area contributed by atoms with Crippen LogP contribution in [0.3, 0.4) is 0 Å². The van der Waals surface area contributed by atoms with Crippen molar-refractivity contribution in [2.45, 2.75) is 40.5 Å². The predicted octanol–water partition coefficient (Wildman–Crippen LogP) is 2.58. The number of benzene rings is 1. The Balaban J connectivity index is 2.36. The summed E-state index contributed by atoms with van der Waals surface area (Å²) in [6, 6.07) is 6.37.